The van der Waals surface area contributed by atoms with Crippen LogP contribution in [0, 0.1) is 5.41 Å². The second-order valence-electron chi connectivity index (χ2n) is 3.46. The number of ether oxygens (including phenoxy) is 1. The van der Waals surface area contributed by atoms with Crippen molar-refractivity contribution in [2.75, 3.05) is 13.7 Å². The summed E-state index contributed by atoms with van der Waals surface area (Å²) in [6, 6.07) is 0. The Morgan fingerprint density at radius 2 is 2.50 bits per heavy atom. The van der Waals surface area contributed by atoms with Crippen LogP contribution in [0.4, 0.5) is 0 Å². The van der Waals surface area contributed by atoms with Gasteiger partial charge in [-0.2, -0.15) is 0 Å². The average molecular weight is 164 g/mol. The van der Waals surface area contributed by atoms with E-state index in [9.17, 15) is 0 Å². The van der Waals surface area contributed by atoms with Crippen LogP contribution in [0.1, 0.15) is 13.3 Å². The zero-order valence-corrected chi connectivity index (χ0v) is 7.84. The van der Waals surface area contributed by atoms with E-state index in [0.717, 1.165) is 6.42 Å². The molecule has 1 atom stereocenters. The predicted molar refractivity (Wildman–Crippen MR) is 52.0 cm³/mol. The lowest BCUT2D eigenvalue weighted by atomic mass is 9.82. The molecule has 66 valence electrons. The molecule has 0 aromatic rings. The smallest absolute Gasteiger partial charge is 0.0709 e. The van der Waals surface area contributed by atoms with Crippen molar-refractivity contribution in [3.63, 3.8) is 0 Å². The highest BCUT2D eigenvalue weighted by Gasteiger charge is 2.17. The first-order valence-electron chi connectivity index (χ1n) is 4.21. The van der Waals surface area contributed by atoms with Gasteiger partial charge in [0.1, 0.15) is 0 Å². The summed E-state index contributed by atoms with van der Waals surface area (Å²) in [6.45, 7) is 6.70. The second-order valence-corrected chi connectivity index (χ2v) is 3.46. The molecule has 0 saturated carbocycles. The fraction of sp³-hybridized carbons (Fsp3) is 0.455. The van der Waals surface area contributed by atoms with Crippen LogP contribution in [0.25, 0.3) is 0 Å². The Labute approximate surface area is 74.4 Å². The van der Waals surface area contributed by atoms with Gasteiger partial charge in [-0.3, -0.25) is 0 Å². The molecule has 1 nitrogen and oxygen atoms in total. The molecule has 1 heteroatoms. The molecule has 0 amide bonds. The van der Waals surface area contributed by atoms with E-state index >= 15 is 0 Å². The fourth-order valence-electron chi connectivity index (χ4n) is 1.21. The summed E-state index contributed by atoms with van der Waals surface area (Å²) in [5.74, 6) is 0. The monoisotopic (exact) mass is 164 g/mol. The van der Waals surface area contributed by atoms with Crippen LogP contribution in [-0.2, 0) is 4.74 Å². The Hall–Kier alpha value is -0.820. The fourth-order valence-corrected chi connectivity index (χ4v) is 1.21. The highest BCUT2D eigenvalue weighted by Crippen LogP contribution is 2.29. The summed E-state index contributed by atoms with van der Waals surface area (Å²) in [5, 5.41) is 0. The van der Waals surface area contributed by atoms with E-state index in [1.807, 2.05) is 6.08 Å². The topological polar surface area (TPSA) is 9.23 Å². The van der Waals surface area contributed by atoms with Gasteiger partial charge in [-0.1, -0.05) is 31.2 Å². The van der Waals surface area contributed by atoms with Crippen molar-refractivity contribution < 1.29 is 4.74 Å². The van der Waals surface area contributed by atoms with Gasteiger partial charge in [-0.15, -0.1) is 6.58 Å². The van der Waals surface area contributed by atoms with Gasteiger partial charge >= 0.3 is 0 Å². The van der Waals surface area contributed by atoms with Crippen molar-refractivity contribution in [3.8, 4) is 0 Å². The minimum atomic E-state index is 0.150. The third-order valence-corrected chi connectivity index (χ3v) is 2.26. The van der Waals surface area contributed by atoms with Crippen LogP contribution in [0.5, 0.6) is 0 Å². The van der Waals surface area contributed by atoms with Crippen molar-refractivity contribution in [1.82, 2.24) is 0 Å². The first kappa shape index (κ1) is 9.27. The Morgan fingerprint density at radius 3 is 2.92 bits per heavy atom. The van der Waals surface area contributed by atoms with Crippen LogP contribution < -0.4 is 0 Å². The Morgan fingerprint density at radius 1 is 1.75 bits per heavy atom. The number of hydrogen-bond donors (Lipinski definition) is 0. The molecule has 0 heterocycles. The standard InChI is InChI=1S/C11H16O/c1-4-11(2)7-5-10(6-8-11)9-12-3/h4-7H,1,8-9H2,2-3H3. The van der Waals surface area contributed by atoms with Crippen molar-refractivity contribution in [2.24, 2.45) is 5.41 Å². The van der Waals surface area contributed by atoms with E-state index in [4.69, 9.17) is 4.74 Å². The molecule has 0 aliphatic heterocycles. The van der Waals surface area contributed by atoms with E-state index in [-0.39, 0.29) is 5.41 Å². The van der Waals surface area contributed by atoms with Crippen molar-refractivity contribution >= 4 is 0 Å². The summed E-state index contributed by atoms with van der Waals surface area (Å²) in [7, 11) is 1.72. The van der Waals surface area contributed by atoms with Crippen LogP contribution in [0.3, 0.4) is 0 Å². The Balaban J connectivity index is 2.60. The minimum absolute atomic E-state index is 0.150. The molecule has 1 rings (SSSR count). The Bertz CT molecular complexity index is 225. The molecule has 0 aromatic carbocycles. The normalized spacial score (nSPS) is 28.3. The molecule has 0 bridgehead atoms. The SMILES string of the molecule is C=CC1(C)C=CC(COC)=CC1. The van der Waals surface area contributed by atoms with Gasteiger partial charge in [-0.05, 0) is 12.0 Å². The number of methoxy groups -OCH3 is 1. The zero-order valence-electron chi connectivity index (χ0n) is 7.84. The summed E-state index contributed by atoms with van der Waals surface area (Å²) in [6.07, 6.45) is 9.55. The van der Waals surface area contributed by atoms with Crippen molar-refractivity contribution in [2.45, 2.75) is 13.3 Å². The molecule has 1 unspecified atom stereocenters. The quantitative estimate of drug-likeness (QED) is 0.583. The maximum Gasteiger partial charge on any atom is 0.0709 e. The molecule has 0 N–H and O–H groups in total. The zero-order chi connectivity index (χ0) is 9.03. The van der Waals surface area contributed by atoms with Gasteiger partial charge in [0.15, 0.2) is 0 Å². The third kappa shape index (κ3) is 2.08. The molecule has 0 aromatic heterocycles. The molecular weight excluding hydrogens is 148 g/mol. The number of rotatable bonds is 3. The highest BCUT2D eigenvalue weighted by atomic mass is 16.5. The van der Waals surface area contributed by atoms with E-state index in [2.05, 4.69) is 31.7 Å². The van der Waals surface area contributed by atoms with Gasteiger partial charge in [-0.25, -0.2) is 0 Å². The van der Waals surface area contributed by atoms with Crippen molar-refractivity contribution in [3.05, 3.63) is 36.5 Å². The first-order chi connectivity index (χ1) is 5.70. The highest BCUT2D eigenvalue weighted by molar-refractivity contribution is 5.29. The second kappa shape index (κ2) is 3.72. The predicted octanol–water partition coefficient (Wildman–Crippen LogP) is 2.71. The molecular formula is C11H16O. The summed E-state index contributed by atoms with van der Waals surface area (Å²) in [4.78, 5) is 0. The van der Waals surface area contributed by atoms with Crippen LogP contribution >= 0.6 is 0 Å². The molecule has 0 spiro atoms. The van der Waals surface area contributed by atoms with Crippen molar-refractivity contribution in [1.29, 1.82) is 0 Å². The molecule has 12 heavy (non-hydrogen) atoms. The number of hydrogen-bond acceptors (Lipinski definition) is 1. The van der Waals surface area contributed by atoms with E-state index in [0.29, 0.717) is 6.61 Å². The maximum atomic E-state index is 5.04. The minimum Gasteiger partial charge on any atom is -0.380 e. The van der Waals surface area contributed by atoms with Gasteiger partial charge < -0.3 is 4.74 Å². The van der Waals surface area contributed by atoms with E-state index in [1.54, 1.807) is 7.11 Å². The maximum absolute atomic E-state index is 5.04. The van der Waals surface area contributed by atoms with Crippen LogP contribution in [-0.4, -0.2) is 13.7 Å². The summed E-state index contributed by atoms with van der Waals surface area (Å²) in [5.41, 5.74) is 1.41. The lowest BCUT2D eigenvalue weighted by Crippen LogP contribution is -2.11. The van der Waals surface area contributed by atoms with Crippen LogP contribution in [0.15, 0.2) is 36.5 Å². The van der Waals surface area contributed by atoms with Gasteiger partial charge in [0.25, 0.3) is 0 Å². The summed E-state index contributed by atoms with van der Waals surface area (Å²) >= 11 is 0. The van der Waals surface area contributed by atoms with Gasteiger partial charge in [0.05, 0.1) is 6.61 Å². The Kier molecular flexibility index (Phi) is 2.88. The van der Waals surface area contributed by atoms with E-state index in [1.165, 1.54) is 5.57 Å². The molecule has 0 saturated heterocycles. The molecule has 1 aliphatic rings. The number of allylic oxidation sites excluding steroid dienone is 3. The van der Waals surface area contributed by atoms with E-state index < -0.39 is 0 Å². The molecule has 1 aliphatic carbocycles. The van der Waals surface area contributed by atoms with Gasteiger partial charge in [0.2, 0.25) is 0 Å². The van der Waals surface area contributed by atoms with Crippen LogP contribution in [0.2, 0.25) is 0 Å². The molecule has 0 fully saturated rings. The lowest BCUT2D eigenvalue weighted by molar-refractivity contribution is 0.227. The lowest BCUT2D eigenvalue weighted by Gasteiger charge is -2.23. The average Bonchev–Trinajstić information content (AvgIpc) is 2.10. The molecule has 0 radical (unpaired) electrons. The summed E-state index contributed by atoms with van der Waals surface area (Å²) < 4.78 is 5.04. The third-order valence-electron chi connectivity index (χ3n) is 2.26. The first-order valence-corrected chi connectivity index (χ1v) is 4.21. The largest absolute Gasteiger partial charge is 0.380 e. The van der Waals surface area contributed by atoms with Gasteiger partial charge in [0, 0.05) is 12.5 Å².